The molecule has 0 amide bonds. The summed E-state index contributed by atoms with van der Waals surface area (Å²) in [6.07, 6.45) is 0. The van der Waals surface area contributed by atoms with Crippen LogP contribution in [0.4, 0.5) is 0 Å². The molecule has 5 heterocycles. The van der Waals surface area contributed by atoms with Crippen LogP contribution in [0.5, 0.6) is 0 Å². The van der Waals surface area contributed by atoms with Gasteiger partial charge in [-0.05, 0) is 36.4 Å². The average molecular weight is 465 g/mol. The molecule has 0 fully saturated rings. The lowest BCUT2D eigenvalue weighted by molar-refractivity contribution is 0.567. The lowest BCUT2D eigenvalue weighted by Crippen LogP contribution is -2.13. The summed E-state index contributed by atoms with van der Waals surface area (Å²) < 4.78 is 4.72. The molecule has 0 aliphatic carbocycles. The van der Waals surface area contributed by atoms with Crippen LogP contribution in [0.15, 0.2) is 91.0 Å². The van der Waals surface area contributed by atoms with Crippen LogP contribution in [0.3, 0.4) is 0 Å². The molecule has 0 N–H and O–H groups in total. The van der Waals surface area contributed by atoms with E-state index < -0.39 is 0 Å². The number of para-hydroxylation sites is 3. The van der Waals surface area contributed by atoms with Crippen molar-refractivity contribution >= 4 is 60.3 Å². The van der Waals surface area contributed by atoms with E-state index in [9.17, 15) is 0 Å². The van der Waals surface area contributed by atoms with Crippen molar-refractivity contribution in [2.24, 2.45) is 0 Å². The minimum absolute atomic E-state index is 0.0489. The second-order valence-electron chi connectivity index (χ2n) is 10.8. The molecule has 4 nitrogen and oxygen atoms in total. The molecule has 0 bridgehead atoms. The topological polar surface area (TPSA) is 35.1 Å². The average Bonchev–Trinajstić information content (AvgIpc) is 3.53. The van der Waals surface area contributed by atoms with E-state index in [1.54, 1.807) is 0 Å². The van der Waals surface area contributed by atoms with Crippen molar-refractivity contribution < 1.29 is 0 Å². The number of benzene rings is 3. The third-order valence-corrected chi connectivity index (χ3v) is 7.51. The molecule has 8 aromatic rings. The van der Waals surface area contributed by atoms with E-state index in [1.165, 1.54) is 27.4 Å². The second-order valence-corrected chi connectivity index (χ2v) is 10.8. The summed E-state index contributed by atoms with van der Waals surface area (Å²) in [6, 6.07) is 32.2. The smallest absolute Gasteiger partial charge is 0.147 e. The number of fused-ring (bicyclic) bond motifs is 8. The predicted molar refractivity (Wildman–Crippen MR) is 150 cm³/mol. The molecule has 0 saturated heterocycles. The van der Waals surface area contributed by atoms with Gasteiger partial charge in [0, 0.05) is 38.3 Å². The van der Waals surface area contributed by atoms with Crippen molar-refractivity contribution in [3.05, 3.63) is 96.7 Å². The predicted octanol–water partition coefficient (Wildman–Crippen LogP) is 8.02. The van der Waals surface area contributed by atoms with E-state index in [0.29, 0.717) is 0 Å². The Morgan fingerprint density at radius 3 is 2.25 bits per heavy atom. The Labute approximate surface area is 207 Å². The molecule has 36 heavy (non-hydrogen) atoms. The minimum Gasteiger partial charge on any atom is -0.309 e. The van der Waals surface area contributed by atoms with Crippen LogP contribution in [-0.2, 0) is 5.41 Å². The van der Waals surface area contributed by atoms with Crippen LogP contribution in [0.2, 0.25) is 0 Å². The standard InChI is InChI=1S/C32H24N4/c1-32(2,3)26-18-23-30-28(29-25(36(26)30)17-19-11-7-9-15-22(19)33-29)27-21-14-8-10-16-24(21)35(31(27)34-23)20-12-5-4-6-13-20/h4-18H,1-3H3. The van der Waals surface area contributed by atoms with Gasteiger partial charge < -0.3 is 4.40 Å². The van der Waals surface area contributed by atoms with Gasteiger partial charge in [-0.3, -0.25) is 4.57 Å². The number of hydrogen-bond donors (Lipinski definition) is 0. The SMILES string of the molecule is CC(C)(C)c1cc2nc3c(c4ccccc4n3-c3ccccc3)c3c4nc5ccccc5cc4n1c23. The first-order valence-electron chi connectivity index (χ1n) is 12.5. The molecule has 0 aliphatic heterocycles. The van der Waals surface area contributed by atoms with E-state index in [0.717, 1.165) is 44.3 Å². The molecular weight excluding hydrogens is 440 g/mol. The number of pyridine rings is 2. The van der Waals surface area contributed by atoms with Crippen molar-refractivity contribution in [2.75, 3.05) is 0 Å². The number of nitrogens with zero attached hydrogens (tertiary/aromatic N) is 4. The van der Waals surface area contributed by atoms with Crippen molar-refractivity contribution in [2.45, 2.75) is 26.2 Å². The number of rotatable bonds is 1. The maximum Gasteiger partial charge on any atom is 0.147 e. The van der Waals surface area contributed by atoms with Crippen LogP contribution >= 0.6 is 0 Å². The third-order valence-electron chi connectivity index (χ3n) is 7.51. The Hall–Kier alpha value is -4.44. The summed E-state index contributed by atoms with van der Waals surface area (Å²) in [5.74, 6) is 0. The molecule has 0 unspecified atom stereocenters. The molecule has 4 heteroatoms. The van der Waals surface area contributed by atoms with Gasteiger partial charge in [-0.15, -0.1) is 0 Å². The lowest BCUT2D eigenvalue weighted by atomic mass is 9.92. The fourth-order valence-corrected chi connectivity index (χ4v) is 5.96. The molecule has 0 atom stereocenters. The van der Waals surface area contributed by atoms with Gasteiger partial charge in [0.1, 0.15) is 5.65 Å². The van der Waals surface area contributed by atoms with Crippen molar-refractivity contribution in [3.63, 3.8) is 0 Å². The molecule has 172 valence electrons. The highest BCUT2D eigenvalue weighted by Gasteiger charge is 2.28. The van der Waals surface area contributed by atoms with E-state index in [-0.39, 0.29) is 5.41 Å². The van der Waals surface area contributed by atoms with Gasteiger partial charge in [0.25, 0.3) is 0 Å². The highest BCUT2D eigenvalue weighted by Crippen LogP contribution is 2.44. The maximum atomic E-state index is 5.35. The highest BCUT2D eigenvalue weighted by molar-refractivity contribution is 6.30. The van der Waals surface area contributed by atoms with Gasteiger partial charge in [0.05, 0.1) is 33.1 Å². The summed E-state index contributed by atoms with van der Waals surface area (Å²) in [5, 5.41) is 4.72. The Kier molecular flexibility index (Phi) is 3.64. The maximum absolute atomic E-state index is 5.35. The van der Waals surface area contributed by atoms with E-state index in [2.05, 4.69) is 121 Å². The first-order chi connectivity index (χ1) is 17.5. The molecular formula is C32H24N4. The summed E-state index contributed by atoms with van der Waals surface area (Å²) in [5.41, 5.74) is 9.85. The van der Waals surface area contributed by atoms with Crippen molar-refractivity contribution in [3.8, 4) is 5.69 Å². The zero-order valence-corrected chi connectivity index (χ0v) is 20.4. The fourth-order valence-electron chi connectivity index (χ4n) is 5.96. The quantitative estimate of drug-likeness (QED) is 0.246. The van der Waals surface area contributed by atoms with Crippen LogP contribution in [0.1, 0.15) is 26.5 Å². The molecule has 3 aromatic carbocycles. The Bertz CT molecular complexity index is 2120. The zero-order valence-electron chi connectivity index (χ0n) is 20.4. The van der Waals surface area contributed by atoms with E-state index in [1.807, 2.05) is 0 Å². The van der Waals surface area contributed by atoms with Crippen LogP contribution in [0.25, 0.3) is 66.0 Å². The lowest BCUT2D eigenvalue weighted by Gasteiger charge is -2.18. The van der Waals surface area contributed by atoms with Crippen LogP contribution < -0.4 is 0 Å². The molecule has 0 saturated carbocycles. The monoisotopic (exact) mass is 464 g/mol. The molecule has 0 radical (unpaired) electrons. The van der Waals surface area contributed by atoms with Gasteiger partial charge in [-0.2, -0.15) is 0 Å². The summed E-state index contributed by atoms with van der Waals surface area (Å²) in [4.78, 5) is 10.6. The normalized spacial score (nSPS) is 12.9. The Morgan fingerprint density at radius 1 is 0.667 bits per heavy atom. The Balaban J connectivity index is 1.71. The van der Waals surface area contributed by atoms with Gasteiger partial charge in [-0.25, -0.2) is 9.97 Å². The van der Waals surface area contributed by atoms with Crippen LogP contribution in [0, 0.1) is 0 Å². The number of aromatic nitrogens is 4. The van der Waals surface area contributed by atoms with Crippen molar-refractivity contribution in [1.82, 2.24) is 18.9 Å². The molecule has 5 aromatic heterocycles. The van der Waals surface area contributed by atoms with Crippen molar-refractivity contribution in [1.29, 1.82) is 0 Å². The van der Waals surface area contributed by atoms with E-state index in [4.69, 9.17) is 9.97 Å². The largest absolute Gasteiger partial charge is 0.309 e. The van der Waals surface area contributed by atoms with E-state index >= 15 is 0 Å². The molecule has 0 aliphatic rings. The minimum atomic E-state index is -0.0489. The second kappa shape index (κ2) is 6.61. The first kappa shape index (κ1) is 19.8. The summed E-state index contributed by atoms with van der Waals surface area (Å²) in [7, 11) is 0. The number of hydrogen-bond acceptors (Lipinski definition) is 2. The molecule has 8 rings (SSSR count). The van der Waals surface area contributed by atoms with Crippen LogP contribution in [-0.4, -0.2) is 18.9 Å². The van der Waals surface area contributed by atoms with Gasteiger partial charge in [0.15, 0.2) is 0 Å². The highest BCUT2D eigenvalue weighted by atomic mass is 15.1. The van der Waals surface area contributed by atoms with Gasteiger partial charge >= 0.3 is 0 Å². The summed E-state index contributed by atoms with van der Waals surface area (Å²) in [6.45, 7) is 6.82. The third kappa shape index (κ3) is 2.43. The van der Waals surface area contributed by atoms with Gasteiger partial charge in [-0.1, -0.05) is 75.4 Å². The van der Waals surface area contributed by atoms with Gasteiger partial charge in [0.2, 0.25) is 0 Å². The fraction of sp³-hybridized carbons (Fsp3) is 0.125. The summed E-state index contributed by atoms with van der Waals surface area (Å²) >= 11 is 0. The zero-order chi connectivity index (χ0) is 24.2. The first-order valence-corrected chi connectivity index (χ1v) is 12.5. The molecule has 0 spiro atoms. The Morgan fingerprint density at radius 2 is 1.42 bits per heavy atom.